The highest BCUT2D eigenvalue weighted by Crippen LogP contribution is 2.21. The van der Waals surface area contributed by atoms with Crippen LogP contribution in [0.5, 0.6) is 0 Å². The molecule has 0 saturated carbocycles. The fourth-order valence-corrected chi connectivity index (χ4v) is 3.25. The van der Waals surface area contributed by atoms with Crippen molar-refractivity contribution in [3.63, 3.8) is 0 Å². The zero-order valence-corrected chi connectivity index (χ0v) is 18.4. The van der Waals surface area contributed by atoms with Crippen molar-refractivity contribution in [2.24, 2.45) is 0 Å². The van der Waals surface area contributed by atoms with Gasteiger partial charge in [-0.25, -0.2) is 4.79 Å². The maximum atomic E-state index is 12.2. The van der Waals surface area contributed by atoms with E-state index in [-0.39, 0.29) is 12.0 Å². The van der Waals surface area contributed by atoms with Crippen LogP contribution in [0.25, 0.3) is 0 Å². The summed E-state index contributed by atoms with van der Waals surface area (Å²) in [6.07, 6.45) is 0. The average molecular weight is 435 g/mol. The molecule has 3 aromatic rings. The van der Waals surface area contributed by atoms with Gasteiger partial charge in [0.15, 0.2) is 0 Å². The summed E-state index contributed by atoms with van der Waals surface area (Å²) < 4.78 is 4.96. The topological polar surface area (TPSA) is 87.7 Å². The van der Waals surface area contributed by atoms with Gasteiger partial charge in [0.25, 0.3) is 5.97 Å². The van der Waals surface area contributed by atoms with E-state index in [4.69, 9.17) is 14.6 Å². The first-order chi connectivity index (χ1) is 15.5. The van der Waals surface area contributed by atoms with Crippen LogP contribution in [0.3, 0.4) is 0 Å². The molecule has 0 saturated heterocycles. The number of aliphatic carboxylic acids is 1. The van der Waals surface area contributed by atoms with E-state index in [0.29, 0.717) is 13.1 Å². The molecule has 6 nitrogen and oxygen atoms in total. The number of hydrogen-bond acceptors (Lipinski definition) is 5. The number of esters is 1. The van der Waals surface area contributed by atoms with Crippen molar-refractivity contribution in [2.45, 2.75) is 19.0 Å². The molecule has 168 valence electrons. The maximum absolute atomic E-state index is 12.2. The van der Waals surface area contributed by atoms with E-state index < -0.39 is 12.0 Å². The van der Waals surface area contributed by atoms with Crippen LogP contribution in [0.4, 0.5) is 0 Å². The van der Waals surface area contributed by atoms with E-state index in [9.17, 15) is 4.79 Å². The number of methoxy groups -OCH3 is 1. The van der Waals surface area contributed by atoms with E-state index in [2.05, 4.69) is 34.9 Å². The lowest BCUT2D eigenvalue weighted by molar-refractivity contribution is -0.143. The van der Waals surface area contributed by atoms with Crippen LogP contribution < -0.4 is 10.6 Å². The van der Waals surface area contributed by atoms with Crippen LogP contribution in [-0.4, -0.2) is 37.2 Å². The summed E-state index contributed by atoms with van der Waals surface area (Å²) in [5, 5.41) is 14.3. The van der Waals surface area contributed by atoms with Crippen molar-refractivity contribution >= 4 is 11.9 Å². The Balaban J connectivity index is 0.000000837. The predicted octanol–water partition coefficient (Wildman–Crippen LogP) is 3.96. The van der Waals surface area contributed by atoms with Gasteiger partial charge in [0.2, 0.25) is 0 Å². The van der Waals surface area contributed by atoms with E-state index in [1.165, 1.54) is 18.2 Å². The number of hydrogen-bond donors (Lipinski definition) is 3. The van der Waals surface area contributed by atoms with Crippen LogP contribution in [0, 0.1) is 0 Å². The molecular formula is C26H30N2O4. The fourth-order valence-electron chi connectivity index (χ4n) is 3.25. The second-order valence-electron chi connectivity index (χ2n) is 7.05. The molecule has 6 heteroatoms. The summed E-state index contributed by atoms with van der Waals surface area (Å²) in [6, 6.07) is 30.0. The number of carboxylic acid groups (broad SMARTS) is 1. The number of carboxylic acids is 1. The minimum absolute atomic E-state index is 0.0949. The Labute approximate surface area is 189 Å². The molecule has 1 atom stereocenters. The Morgan fingerprint density at radius 1 is 0.750 bits per heavy atom. The molecule has 3 rings (SSSR count). The Morgan fingerprint density at radius 3 is 1.53 bits per heavy atom. The molecule has 0 radical (unpaired) electrons. The standard InChI is InChI=1S/C24H26N2O2.C2H4O2/c1-28-24(27)23(21-15-9-4-10-16-21)26-18-17-25-22(19-11-5-2-6-12-19)20-13-7-3-8-14-20;1-2(3)4/h2-16,22-23,25-26H,17-18H2,1H3;1H3,(H,3,4). The van der Waals surface area contributed by atoms with Gasteiger partial charge in [0.05, 0.1) is 13.2 Å². The summed E-state index contributed by atoms with van der Waals surface area (Å²) in [6.45, 7) is 2.42. The molecule has 0 aliphatic heterocycles. The zero-order chi connectivity index (χ0) is 23.2. The van der Waals surface area contributed by atoms with Gasteiger partial charge >= 0.3 is 5.97 Å². The van der Waals surface area contributed by atoms with E-state index >= 15 is 0 Å². The smallest absolute Gasteiger partial charge is 0.327 e. The minimum Gasteiger partial charge on any atom is -0.481 e. The van der Waals surface area contributed by atoms with E-state index in [1.54, 1.807) is 0 Å². The van der Waals surface area contributed by atoms with Crippen LogP contribution in [-0.2, 0) is 14.3 Å². The summed E-state index contributed by atoms with van der Waals surface area (Å²) in [5.41, 5.74) is 3.32. The monoisotopic (exact) mass is 434 g/mol. The highest BCUT2D eigenvalue weighted by atomic mass is 16.5. The second kappa shape index (κ2) is 13.7. The third-order valence-corrected chi connectivity index (χ3v) is 4.66. The molecule has 3 aromatic carbocycles. The first kappa shape index (κ1) is 24.8. The highest BCUT2D eigenvalue weighted by molar-refractivity contribution is 5.77. The predicted molar refractivity (Wildman–Crippen MR) is 125 cm³/mol. The third kappa shape index (κ3) is 8.34. The highest BCUT2D eigenvalue weighted by Gasteiger charge is 2.20. The van der Waals surface area contributed by atoms with Crippen LogP contribution in [0.1, 0.15) is 35.7 Å². The van der Waals surface area contributed by atoms with Gasteiger partial charge in [-0.15, -0.1) is 0 Å². The summed E-state index contributed by atoms with van der Waals surface area (Å²) in [7, 11) is 1.42. The van der Waals surface area contributed by atoms with E-state index in [1.807, 2.05) is 66.7 Å². The minimum atomic E-state index is -0.833. The van der Waals surface area contributed by atoms with Crippen LogP contribution in [0.15, 0.2) is 91.0 Å². The van der Waals surface area contributed by atoms with Crippen LogP contribution >= 0.6 is 0 Å². The number of rotatable bonds is 9. The lowest BCUT2D eigenvalue weighted by Crippen LogP contribution is -2.36. The number of nitrogens with one attached hydrogen (secondary N) is 2. The average Bonchev–Trinajstić information content (AvgIpc) is 2.82. The SMILES string of the molecule is CC(=O)O.COC(=O)C(NCCNC(c1ccccc1)c1ccccc1)c1ccccc1. The summed E-state index contributed by atoms with van der Waals surface area (Å²) in [5.74, 6) is -1.12. The van der Waals surface area contributed by atoms with Gasteiger partial charge < -0.3 is 15.2 Å². The Hall–Kier alpha value is -3.48. The normalized spacial score (nSPS) is 11.2. The number of benzene rings is 3. The molecule has 0 aliphatic rings. The summed E-state index contributed by atoms with van der Waals surface area (Å²) in [4.78, 5) is 21.2. The Bertz CT molecular complexity index is 890. The molecule has 3 N–H and O–H groups in total. The van der Waals surface area contributed by atoms with Gasteiger partial charge in [-0.2, -0.15) is 0 Å². The first-order valence-electron chi connectivity index (χ1n) is 10.4. The molecule has 32 heavy (non-hydrogen) atoms. The van der Waals surface area contributed by atoms with Crippen molar-refractivity contribution < 1.29 is 19.4 Å². The quantitative estimate of drug-likeness (QED) is 0.349. The molecule has 1 unspecified atom stereocenters. The lowest BCUT2D eigenvalue weighted by Gasteiger charge is -2.21. The number of carbonyl (C=O) groups excluding carboxylic acids is 1. The molecule has 0 bridgehead atoms. The van der Waals surface area contributed by atoms with Gasteiger partial charge in [-0.05, 0) is 16.7 Å². The molecular weight excluding hydrogens is 404 g/mol. The van der Waals surface area contributed by atoms with Gasteiger partial charge in [-0.1, -0.05) is 91.0 Å². The van der Waals surface area contributed by atoms with E-state index in [0.717, 1.165) is 12.5 Å². The van der Waals surface area contributed by atoms with Crippen LogP contribution in [0.2, 0.25) is 0 Å². The Kier molecular flexibility index (Phi) is 10.6. The summed E-state index contributed by atoms with van der Waals surface area (Å²) >= 11 is 0. The molecule has 0 spiro atoms. The lowest BCUT2D eigenvalue weighted by atomic mass is 9.99. The third-order valence-electron chi connectivity index (χ3n) is 4.66. The molecule has 0 aromatic heterocycles. The molecule has 0 fully saturated rings. The molecule has 0 heterocycles. The Morgan fingerprint density at radius 2 is 1.12 bits per heavy atom. The first-order valence-corrected chi connectivity index (χ1v) is 10.4. The zero-order valence-electron chi connectivity index (χ0n) is 18.4. The molecule has 0 aliphatic carbocycles. The second-order valence-corrected chi connectivity index (χ2v) is 7.05. The van der Waals surface area contributed by atoms with Crippen molar-refractivity contribution in [2.75, 3.05) is 20.2 Å². The van der Waals surface area contributed by atoms with Crippen molar-refractivity contribution in [1.29, 1.82) is 0 Å². The van der Waals surface area contributed by atoms with Gasteiger partial charge in [-0.3, -0.25) is 10.1 Å². The largest absolute Gasteiger partial charge is 0.481 e. The van der Waals surface area contributed by atoms with Gasteiger partial charge in [0, 0.05) is 20.0 Å². The number of carbonyl (C=O) groups is 2. The van der Waals surface area contributed by atoms with Crippen molar-refractivity contribution in [1.82, 2.24) is 10.6 Å². The van der Waals surface area contributed by atoms with Crippen molar-refractivity contribution in [3.8, 4) is 0 Å². The molecule has 0 amide bonds. The van der Waals surface area contributed by atoms with Gasteiger partial charge in [0.1, 0.15) is 6.04 Å². The number of ether oxygens (including phenoxy) is 1. The van der Waals surface area contributed by atoms with Crippen molar-refractivity contribution in [3.05, 3.63) is 108 Å². The maximum Gasteiger partial charge on any atom is 0.327 e. The fraction of sp³-hybridized carbons (Fsp3) is 0.231.